The van der Waals surface area contributed by atoms with Crippen molar-refractivity contribution in [2.24, 2.45) is 0 Å². The molecule has 2 aromatic heterocycles. The number of benzene rings is 1. The quantitative estimate of drug-likeness (QED) is 0.603. The number of aromatic nitrogens is 3. The van der Waals surface area contributed by atoms with Crippen LogP contribution < -0.4 is 10.6 Å². The van der Waals surface area contributed by atoms with Gasteiger partial charge in [-0.2, -0.15) is 4.98 Å². The van der Waals surface area contributed by atoms with Crippen molar-refractivity contribution < 1.29 is 14.1 Å². The number of nitrogens with one attached hydrogen (secondary N) is 2. The normalized spacial score (nSPS) is 10.7. The first-order chi connectivity index (χ1) is 14.0. The Morgan fingerprint density at radius 2 is 1.83 bits per heavy atom. The van der Waals surface area contributed by atoms with E-state index in [1.165, 1.54) is 6.92 Å². The molecule has 0 saturated carbocycles. The zero-order chi connectivity index (χ0) is 20.6. The molecule has 2 N–H and O–H groups in total. The molecular weight excluding hydrogens is 372 g/mol. The van der Waals surface area contributed by atoms with Gasteiger partial charge in [0.1, 0.15) is 0 Å². The molecular formula is C20H22N6O3. The van der Waals surface area contributed by atoms with Crippen molar-refractivity contribution in [1.82, 2.24) is 20.0 Å². The second-order valence-electron chi connectivity index (χ2n) is 6.36. The van der Waals surface area contributed by atoms with Crippen LogP contribution in [-0.2, 0) is 16.1 Å². The Labute approximate surface area is 168 Å². The second kappa shape index (κ2) is 9.56. The first-order valence-corrected chi connectivity index (χ1v) is 9.16. The summed E-state index contributed by atoms with van der Waals surface area (Å²) >= 11 is 0. The highest BCUT2D eigenvalue weighted by Gasteiger charge is 2.15. The monoisotopic (exact) mass is 394 g/mol. The van der Waals surface area contributed by atoms with Crippen molar-refractivity contribution >= 4 is 23.2 Å². The Morgan fingerprint density at radius 3 is 2.45 bits per heavy atom. The molecule has 2 heterocycles. The van der Waals surface area contributed by atoms with Gasteiger partial charge in [0.25, 0.3) is 0 Å². The van der Waals surface area contributed by atoms with Gasteiger partial charge in [-0.1, -0.05) is 12.1 Å². The summed E-state index contributed by atoms with van der Waals surface area (Å²) in [6.45, 7) is 4.57. The Balaban J connectivity index is 1.55. The maximum Gasteiger partial charge on any atom is 0.241 e. The van der Waals surface area contributed by atoms with Crippen LogP contribution in [-0.4, -0.2) is 44.9 Å². The molecule has 0 atom stereocenters. The van der Waals surface area contributed by atoms with E-state index in [0.717, 1.165) is 5.56 Å². The minimum Gasteiger partial charge on any atom is -0.338 e. The Kier molecular flexibility index (Phi) is 6.64. The molecule has 0 aliphatic rings. The number of pyridine rings is 1. The van der Waals surface area contributed by atoms with Crippen LogP contribution in [0.1, 0.15) is 19.7 Å². The summed E-state index contributed by atoms with van der Waals surface area (Å²) in [6, 6.07) is 10.6. The molecule has 150 valence electrons. The number of likely N-dealkylation sites (N-methyl/N-ethyl adjacent to an activating group) is 1. The maximum absolute atomic E-state index is 12.4. The van der Waals surface area contributed by atoms with Crippen LogP contribution >= 0.6 is 0 Å². The number of anilines is 2. The fourth-order valence-electron chi connectivity index (χ4n) is 2.65. The van der Waals surface area contributed by atoms with Crippen LogP contribution in [0, 0.1) is 0 Å². The zero-order valence-corrected chi connectivity index (χ0v) is 16.3. The first-order valence-electron chi connectivity index (χ1n) is 9.16. The number of rotatable bonds is 8. The lowest BCUT2D eigenvalue weighted by Crippen LogP contribution is -2.32. The minimum absolute atomic E-state index is 0.145. The van der Waals surface area contributed by atoms with Crippen molar-refractivity contribution in [3.63, 3.8) is 0 Å². The molecule has 0 fully saturated rings. The van der Waals surface area contributed by atoms with Crippen LogP contribution in [0.3, 0.4) is 0 Å². The summed E-state index contributed by atoms with van der Waals surface area (Å²) in [6.07, 6.45) is 3.34. The van der Waals surface area contributed by atoms with E-state index < -0.39 is 0 Å². The van der Waals surface area contributed by atoms with Gasteiger partial charge >= 0.3 is 0 Å². The number of nitrogens with zero attached hydrogens (tertiary/aromatic N) is 4. The molecule has 29 heavy (non-hydrogen) atoms. The van der Waals surface area contributed by atoms with E-state index in [4.69, 9.17) is 4.52 Å². The smallest absolute Gasteiger partial charge is 0.241 e. The van der Waals surface area contributed by atoms with E-state index >= 15 is 0 Å². The van der Waals surface area contributed by atoms with Gasteiger partial charge in [0.15, 0.2) is 0 Å². The average molecular weight is 394 g/mol. The molecule has 0 unspecified atom stereocenters. The average Bonchev–Trinajstić information content (AvgIpc) is 3.18. The summed E-state index contributed by atoms with van der Waals surface area (Å²) < 4.78 is 5.30. The standard InChI is InChI=1S/C20H22N6O3/c1-3-26(13-19-24-20(25-29-19)15-5-4-10-21-11-15)12-18(28)23-17-8-6-16(7-9-17)22-14(2)27/h4-11H,3,12-13H2,1-2H3,(H,22,27)(H,23,28). The molecule has 0 radical (unpaired) electrons. The molecule has 9 nitrogen and oxygen atoms in total. The highest BCUT2D eigenvalue weighted by molar-refractivity contribution is 5.93. The van der Waals surface area contributed by atoms with Gasteiger partial charge < -0.3 is 15.2 Å². The van der Waals surface area contributed by atoms with Crippen LogP contribution in [0.25, 0.3) is 11.4 Å². The van der Waals surface area contributed by atoms with Crippen molar-refractivity contribution in [3.05, 3.63) is 54.7 Å². The van der Waals surface area contributed by atoms with Gasteiger partial charge in [-0.3, -0.25) is 19.5 Å². The molecule has 9 heteroatoms. The molecule has 0 saturated heterocycles. The predicted molar refractivity (Wildman–Crippen MR) is 108 cm³/mol. The van der Waals surface area contributed by atoms with Crippen molar-refractivity contribution in [3.8, 4) is 11.4 Å². The fourth-order valence-corrected chi connectivity index (χ4v) is 2.65. The van der Waals surface area contributed by atoms with Crippen LogP contribution in [0.2, 0.25) is 0 Å². The highest BCUT2D eigenvalue weighted by atomic mass is 16.5. The lowest BCUT2D eigenvalue weighted by molar-refractivity contribution is -0.117. The zero-order valence-electron chi connectivity index (χ0n) is 16.3. The van der Waals surface area contributed by atoms with Gasteiger partial charge in [0.05, 0.1) is 13.1 Å². The first kappa shape index (κ1) is 20.2. The largest absolute Gasteiger partial charge is 0.338 e. The Morgan fingerprint density at radius 1 is 1.10 bits per heavy atom. The number of hydrogen-bond donors (Lipinski definition) is 2. The van der Waals surface area contributed by atoms with Gasteiger partial charge in [-0.25, -0.2) is 0 Å². The molecule has 1 aromatic carbocycles. The lowest BCUT2D eigenvalue weighted by Gasteiger charge is -2.17. The van der Waals surface area contributed by atoms with E-state index in [2.05, 4.69) is 25.8 Å². The molecule has 3 rings (SSSR count). The summed E-state index contributed by atoms with van der Waals surface area (Å²) in [7, 11) is 0. The van der Waals surface area contributed by atoms with Gasteiger partial charge in [-0.05, 0) is 42.9 Å². The summed E-state index contributed by atoms with van der Waals surface area (Å²) in [5.41, 5.74) is 2.09. The number of amides is 2. The second-order valence-corrected chi connectivity index (χ2v) is 6.36. The van der Waals surface area contributed by atoms with Crippen molar-refractivity contribution in [2.75, 3.05) is 23.7 Å². The summed E-state index contributed by atoms with van der Waals surface area (Å²) in [4.78, 5) is 33.7. The van der Waals surface area contributed by atoms with Crippen molar-refractivity contribution in [1.29, 1.82) is 0 Å². The van der Waals surface area contributed by atoms with E-state index in [1.54, 1.807) is 42.7 Å². The number of carbonyl (C=O) groups is 2. The maximum atomic E-state index is 12.4. The number of hydrogen-bond acceptors (Lipinski definition) is 7. The number of carbonyl (C=O) groups excluding carboxylic acids is 2. The van der Waals surface area contributed by atoms with Crippen LogP contribution in [0.15, 0.2) is 53.3 Å². The Bertz CT molecular complexity index is 956. The molecule has 2 amide bonds. The van der Waals surface area contributed by atoms with E-state index in [0.29, 0.717) is 36.2 Å². The summed E-state index contributed by atoms with van der Waals surface area (Å²) in [5.74, 6) is 0.588. The topological polar surface area (TPSA) is 113 Å². The van der Waals surface area contributed by atoms with E-state index in [9.17, 15) is 9.59 Å². The lowest BCUT2D eigenvalue weighted by atomic mass is 10.2. The van der Waals surface area contributed by atoms with Crippen molar-refractivity contribution in [2.45, 2.75) is 20.4 Å². The Hall–Kier alpha value is -3.59. The molecule has 0 aliphatic carbocycles. The molecule has 0 bridgehead atoms. The third kappa shape index (κ3) is 5.94. The van der Waals surface area contributed by atoms with E-state index in [-0.39, 0.29) is 18.4 Å². The van der Waals surface area contributed by atoms with Gasteiger partial charge in [0.2, 0.25) is 23.5 Å². The summed E-state index contributed by atoms with van der Waals surface area (Å²) in [5, 5.41) is 9.48. The third-order valence-corrected chi connectivity index (χ3v) is 4.05. The van der Waals surface area contributed by atoms with E-state index in [1.807, 2.05) is 17.9 Å². The predicted octanol–water partition coefficient (Wildman–Crippen LogP) is 2.55. The third-order valence-electron chi connectivity index (χ3n) is 4.05. The van der Waals surface area contributed by atoms with Gasteiger partial charge in [0, 0.05) is 36.3 Å². The highest BCUT2D eigenvalue weighted by Crippen LogP contribution is 2.15. The molecule has 3 aromatic rings. The van der Waals surface area contributed by atoms with Crippen LogP contribution in [0.4, 0.5) is 11.4 Å². The molecule has 0 aliphatic heterocycles. The fraction of sp³-hybridized carbons (Fsp3) is 0.250. The minimum atomic E-state index is -0.161. The van der Waals surface area contributed by atoms with Crippen LogP contribution in [0.5, 0.6) is 0 Å². The molecule has 0 spiro atoms. The van der Waals surface area contributed by atoms with Gasteiger partial charge in [-0.15, -0.1) is 0 Å². The SMILES string of the molecule is CCN(CC(=O)Nc1ccc(NC(C)=O)cc1)Cc1nc(-c2cccnc2)no1.